The standard InChI is InChI=1S/C15H23N3O3/c1-21-14-6-5-10(7-12(14)15(16)18-20)8-17-13-4-2-3-11(13)9-19/h5-7,11,13,17,19-20H,2-4,8-9H2,1H3,(H2,16,18). The molecule has 1 aromatic carbocycles. The van der Waals surface area contributed by atoms with E-state index in [2.05, 4.69) is 10.5 Å². The number of ether oxygens (including phenoxy) is 1. The highest BCUT2D eigenvalue weighted by atomic mass is 16.5. The molecule has 0 heterocycles. The van der Waals surface area contributed by atoms with Crippen molar-refractivity contribution < 1.29 is 15.1 Å². The largest absolute Gasteiger partial charge is 0.496 e. The van der Waals surface area contributed by atoms with Gasteiger partial charge in [-0.25, -0.2) is 0 Å². The van der Waals surface area contributed by atoms with Gasteiger partial charge in [0.15, 0.2) is 5.84 Å². The van der Waals surface area contributed by atoms with Gasteiger partial charge in [-0.05, 0) is 36.5 Å². The Balaban J connectivity index is 2.07. The van der Waals surface area contributed by atoms with E-state index in [9.17, 15) is 5.11 Å². The van der Waals surface area contributed by atoms with Gasteiger partial charge in [0.05, 0.1) is 12.7 Å². The Morgan fingerprint density at radius 2 is 2.29 bits per heavy atom. The van der Waals surface area contributed by atoms with E-state index in [0.29, 0.717) is 29.8 Å². The molecule has 6 nitrogen and oxygen atoms in total. The number of methoxy groups -OCH3 is 1. The molecule has 1 aromatic rings. The summed E-state index contributed by atoms with van der Waals surface area (Å²) in [5, 5.41) is 24.7. The molecule has 2 rings (SSSR count). The molecule has 0 saturated heterocycles. The second-order valence-electron chi connectivity index (χ2n) is 5.38. The third-order valence-electron chi connectivity index (χ3n) is 4.11. The van der Waals surface area contributed by atoms with Crippen molar-refractivity contribution >= 4 is 5.84 Å². The summed E-state index contributed by atoms with van der Waals surface area (Å²) >= 11 is 0. The Morgan fingerprint density at radius 3 is 2.95 bits per heavy atom. The number of hydrogen-bond acceptors (Lipinski definition) is 5. The first-order valence-electron chi connectivity index (χ1n) is 7.18. The Kier molecular flexibility index (Phi) is 5.41. The van der Waals surface area contributed by atoms with Crippen LogP contribution in [0.1, 0.15) is 30.4 Å². The number of nitrogens with zero attached hydrogens (tertiary/aromatic N) is 1. The van der Waals surface area contributed by atoms with Crippen LogP contribution >= 0.6 is 0 Å². The first-order chi connectivity index (χ1) is 10.2. The number of hydrogen-bond donors (Lipinski definition) is 4. The summed E-state index contributed by atoms with van der Waals surface area (Å²) in [6, 6.07) is 5.96. The minimum absolute atomic E-state index is 0.0304. The summed E-state index contributed by atoms with van der Waals surface area (Å²) in [4.78, 5) is 0. The van der Waals surface area contributed by atoms with E-state index in [4.69, 9.17) is 15.7 Å². The van der Waals surface area contributed by atoms with E-state index < -0.39 is 0 Å². The van der Waals surface area contributed by atoms with Crippen LogP contribution in [0, 0.1) is 5.92 Å². The van der Waals surface area contributed by atoms with Crippen molar-refractivity contribution in [2.24, 2.45) is 16.8 Å². The molecular weight excluding hydrogens is 270 g/mol. The van der Waals surface area contributed by atoms with E-state index in [1.54, 1.807) is 7.11 Å². The summed E-state index contributed by atoms with van der Waals surface area (Å²) in [5.41, 5.74) is 7.27. The second kappa shape index (κ2) is 7.28. The zero-order valence-corrected chi connectivity index (χ0v) is 12.2. The number of aliphatic hydroxyl groups is 1. The first kappa shape index (κ1) is 15.6. The molecule has 21 heavy (non-hydrogen) atoms. The molecule has 0 aliphatic heterocycles. The summed E-state index contributed by atoms with van der Waals surface area (Å²) < 4.78 is 5.21. The lowest BCUT2D eigenvalue weighted by Crippen LogP contribution is -2.33. The molecule has 1 saturated carbocycles. The zero-order chi connectivity index (χ0) is 15.2. The SMILES string of the molecule is COc1ccc(CNC2CCCC2CO)cc1/C(N)=N/O. The number of benzene rings is 1. The Bertz CT molecular complexity index is 505. The van der Waals surface area contributed by atoms with Crippen molar-refractivity contribution in [2.75, 3.05) is 13.7 Å². The first-order valence-corrected chi connectivity index (χ1v) is 7.18. The fraction of sp³-hybridized carbons (Fsp3) is 0.533. The lowest BCUT2D eigenvalue weighted by molar-refractivity contribution is 0.205. The van der Waals surface area contributed by atoms with Gasteiger partial charge in [0.1, 0.15) is 5.75 Å². The van der Waals surface area contributed by atoms with Gasteiger partial charge in [0, 0.05) is 19.2 Å². The van der Waals surface area contributed by atoms with Gasteiger partial charge in [0.2, 0.25) is 0 Å². The number of aliphatic hydroxyl groups excluding tert-OH is 1. The van der Waals surface area contributed by atoms with Crippen LogP contribution in [0.3, 0.4) is 0 Å². The average Bonchev–Trinajstić information content (AvgIpc) is 2.99. The molecule has 6 heteroatoms. The lowest BCUT2D eigenvalue weighted by Gasteiger charge is -2.19. The maximum absolute atomic E-state index is 9.33. The van der Waals surface area contributed by atoms with Crippen molar-refractivity contribution in [1.82, 2.24) is 5.32 Å². The van der Waals surface area contributed by atoms with Crippen LogP contribution in [-0.4, -0.2) is 35.9 Å². The Labute approximate surface area is 124 Å². The monoisotopic (exact) mass is 293 g/mol. The van der Waals surface area contributed by atoms with Gasteiger partial charge < -0.3 is 26.1 Å². The molecule has 0 bridgehead atoms. The summed E-state index contributed by atoms with van der Waals surface area (Å²) in [7, 11) is 1.55. The molecule has 0 radical (unpaired) electrons. The number of nitrogens with one attached hydrogen (secondary N) is 1. The number of oxime groups is 1. The summed E-state index contributed by atoms with van der Waals surface area (Å²) in [6.07, 6.45) is 3.32. The molecule has 0 aromatic heterocycles. The summed E-state index contributed by atoms with van der Waals surface area (Å²) in [6.45, 7) is 0.909. The van der Waals surface area contributed by atoms with Gasteiger partial charge in [-0.3, -0.25) is 0 Å². The summed E-state index contributed by atoms with van der Waals surface area (Å²) in [5.74, 6) is 0.942. The highest BCUT2D eigenvalue weighted by Gasteiger charge is 2.25. The molecule has 1 aliphatic rings. The molecule has 1 fully saturated rings. The van der Waals surface area contributed by atoms with E-state index in [0.717, 1.165) is 24.8 Å². The molecular formula is C15H23N3O3. The van der Waals surface area contributed by atoms with Crippen LogP contribution in [0.5, 0.6) is 5.75 Å². The molecule has 1 aliphatic carbocycles. The van der Waals surface area contributed by atoms with Gasteiger partial charge >= 0.3 is 0 Å². The topological polar surface area (TPSA) is 100 Å². The maximum Gasteiger partial charge on any atom is 0.173 e. The van der Waals surface area contributed by atoms with Gasteiger partial charge in [-0.2, -0.15) is 0 Å². The molecule has 5 N–H and O–H groups in total. The lowest BCUT2D eigenvalue weighted by atomic mass is 10.0. The predicted octanol–water partition coefficient (Wildman–Crippen LogP) is 1.04. The van der Waals surface area contributed by atoms with E-state index >= 15 is 0 Å². The van der Waals surface area contributed by atoms with Crippen molar-refractivity contribution in [2.45, 2.75) is 31.8 Å². The van der Waals surface area contributed by atoms with Gasteiger partial charge in [-0.1, -0.05) is 17.6 Å². The fourth-order valence-electron chi connectivity index (χ4n) is 2.89. The van der Waals surface area contributed by atoms with Crippen molar-refractivity contribution in [1.29, 1.82) is 0 Å². The second-order valence-corrected chi connectivity index (χ2v) is 5.38. The number of amidine groups is 1. The Morgan fingerprint density at radius 1 is 1.48 bits per heavy atom. The van der Waals surface area contributed by atoms with Crippen molar-refractivity contribution in [3.63, 3.8) is 0 Å². The molecule has 0 amide bonds. The molecule has 0 spiro atoms. The van der Waals surface area contributed by atoms with Gasteiger partial charge in [0.25, 0.3) is 0 Å². The fourth-order valence-corrected chi connectivity index (χ4v) is 2.89. The third kappa shape index (κ3) is 3.65. The predicted molar refractivity (Wildman–Crippen MR) is 80.6 cm³/mol. The average molecular weight is 293 g/mol. The molecule has 2 atom stereocenters. The van der Waals surface area contributed by atoms with Crippen LogP contribution in [0.25, 0.3) is 0 Å². The molecule has 2 unspecified atom stereocenters. The Hall–Kier alpha value is -1.79. The van der Waals surface area contributed by atoms with Crippen LogP contribution in [0.15, 0.2) is 23.4 Å². The van der Waals surface area contributed by atoms with Crippen LogP contribution < -0.4 is 15.8 Å². The third-order valence-corrected chi connectivity index (χ3v) is 4.11. The quantitative estimate of drug-likeness (QED) is 0.272. The van der Waals surface area contributed by atoms with Crippen LogP contribution in [-0.2, 0) is 6.54 Å². The normalized spacial score (nSPS) is 22.5. The molecule has 116 valence electrons. The van der Waals surface area contributed by atoms with Crippen molar-refractivity contribution in [3.8, 4) is 5.75 Å². The smallest absolute Gasteiger partial charge is 0.173 e. The highest BCUT2D eigenvalue weighted by molar-refractivity contribution is 5.99. The van der Waals surface area contributed by atoms with E-state index in [-0.39, 0.29) is 12.4 Å². The van der Waals surface area contributed by atoms with E-state index in [1.165, 1.54) is 0 Å². The van der Waals surface area contributed by atoms with Crippen LogP contribution in [0.2, 0.25) is 0 Å². The van der Waals surface area contributed by atoms with Crippen LogP contribution in [0.4, 0.5) is 0 Å². The van der Waals surface area contributed by atoms with Crippen molar-refractivity contribution in [3.05, 3.63) is 29.3 Å². The number of rotatable bonds is 6. The minimum Gasteiger partial charge on any atom is -0.496 e. The van der Waals surface area contributed by atoms with Gasteiger partial charge in [-0.15, -0.1) is 0 Å². The number of nitrogens with two attached hydrogens (primary N) is 1. The highest BCUT2D eigenvalue weighted by Crippen LogP contribution is 2.26. The minimum atomic E-state index is 0.0304. The zero-order valence-electron chi connectivity index (χ0n) is 12.2. The van der Waals surface area contributed by atoms with E-state index in [1.807, 2.05) is 18.2 Å². The maximum atomic E-state index is 9.33.